The largest absolute Gasteiger partial charge is 0.294 e. The lowest BCUT2D eigenvalue weighted by molar-refractivity contribution is -0.579. The molecular formula is C9H17N2+. The van der Waals surface area contributed by atoms with E-state index in [1.54, 1.807) is 0 Å². The van der Waals surface area contributed by atoms with Crippen molar-refractivity contribution in [3.05, 3.63) is 0 Å². The summed E-state index contributed by atoms with van der Waals surface area (Å²) in [5.41, 5.74) is 0. The first kappa shape index (κ1) is 7.29. The summed E-state index contributed by atoms with van der Waals surface area (Å²) in [4.78, 5) is 2.44. The molecule has 2 aliphatic rings. The Balaban J connectivity index is 2.06. The molecule has 2 heterocycles. The summed E-state index contributed by atoms with van der Waals surface area (Å²) >= 11 is 0. The number of nitrogens with zero attached hydrogens (tertiary/aromatic N) is 2. The summed E-state index contributed by atoms with van der Waals surface area (Å²) in [6.07, 6.45) is 6.51. The average molecular weight is 153 g/mol. The monoisotopic (exact) mass is 153 g/mol. The van der Waals surface area contributed by atoms with Crippen molar-refractivity contribution >= 4 is 6.21 Å². The third-order valence-electron chi connectivity index (χ3n) is 2.84. The van der Waals surface area contributed by atoms with Gasteiger partial charge in [0.1, 0.15) is 6.21 Å². The highest BCUT2D eigenvalue weighted by Gasteiger charge is 2.29. The number of fused-ring (bicyclic) bond motifs is 1. The zero-order valence-electron chi connectivity index (χ0n) is 7.29. The fraction of sp³-hybridized carbons (Fsp3) is 0.889. The highest BCUT2D eigenvalue weighted by Crippen LogP contribution is 2.13. The van der Waals surface area contributed by atoms with E-state index in [4.69, 9.17) is 0 Å². The highest BCUT2D eigenvalue weighted by atomic mass is 15.2. The molecule has 0 saturated carbocycles. The maximum Gasteiger partial charge on any atom is 0.165 e. The molecule has 1 fully saturated rings. The number of rotatable bonds is 0. The minimum absolute atomic E-state index is 0.836. The van der Waals surface area contributed by atoms with Crippen LogP contribution in [0.5, 0.6) is 0 Å². The fourth-order valence-electron chi connectivity index (χ4n) is 2.13. The first-order valence-electron chi connectivity index (χ1n) is 4.64. The zero-order chi connectivity index (χ0) is 7.68. The Morgan fingerprint density at radius 1 is 1.55 bits per heavy atom. The van der Waals surface area contributed by atoms with Gasteiger partial charge in [-0.05, 0) is 13.5 Å². The summed E-state index contributed by atoms with van der Waals surface area (Å²) in [7, 11) is 2.23. The van der Waals surface area contributed by atoms with Crippen LogP contribution in [0.25, 0.3) is 0 Å². The van der Waals surface area contributed by atoms with Crippen molar-refractivity contribution in [1.29, 1.82) is 0 Å². The molecule has 2 rings (SSSR count). The maximum atomic E-state index is 2.55. The summed E-state index contributed by atoms with van der Waals surface area (Å²) in [5.74, 6) is 0. The van der Waals surface area contributed by atoms with Gasteiger partial charge in [-0.3, -0.25) is 4.90 Å². The topological polar surface area (TPSA) is 6.25 Å². The Kier molecular flexibility index (Phi) is 1.95. The molecule has 0 amide bonds. The molecule has 0 N–H and O–H groups in total. The van der Waals surface area contributed by atoms with Crippen LogP contribution < -0.4 is 0 Å². The van der Waals surface area contributed by atoms with Crippen molar-refractivity contribution in [3.8, 4) is 0 Å². The summed E-state index contributed by atoms with van der Waals surface area (Å²) < 4.78 is 2.55. The van der Waals surface area contributed by atoms with Crippen molar-refractivity contribution in [3.63, 3.8) is 0 Å². The lowest BCUT2D eigenvalue weighted by atomic mass is 10.0. The number of hydrogen-bond acceptors (Lipinski definition) is 1. The third-order valence-corrected chi connectivity index (χ3v) is 2.84. The van der Waals surface area contributed by atoms with Crippen molar-refractivity contribution in [1.82, 2.24) is 4.90 Å². The molecule has 1 unspecified atom stereocenters. The summed E-state index contributed by atoms with van der Waals surface area (Å²) in [5, 5.41) is 0. The van der Waals surface area contributed by atoms with E-state index in [0.717, 1.165) is 6.04 Å². The number of piperazine rings is 1. The van der Waals surface area contributed by atoms with Gasteiger partial charge in [0.25, 0.3) is 0 Å². The minimum atomic E-state index is 0.836. The molecule has 1 saturated heterocycles. The predicted octanol–water partition coefficient (Wildman–Crippen LogP) is 0.568. The number of hydrogen-bond donors (Lipinski definition) is 0. The summed E-state index contributed by atoms with van der Waals surface area (Å²) in [6.45, 7) is 3.77. The standard InChI is InChI=1S/C9H17N2/c1-10-6-7-11-5-3-2-4-9(11)8-10/h5,9H,2-4,6-8H2,1H3/q+1. The van der Waals surface area contributed by atoms with Crippen molar-refractivity contribution in [2.45, 2.75) is 25.3 Å². The van der Waals surface area contributed by atoms with Gasteiger partial charge in [-0.25, -0.2) is 4.58 Å². The van der Waals surface area contributed by atoms with E-state index in [1.807, 2.05) is 0 Å². The highest BCUT2D eigenvalue weighted by molar-refractivity contribution is 5.51. The third kappa shape index (κ3) is 1.45. The van der Waals surface area contributed by atoms with Crippen molar-refractivity contribution in [2.75, 3.05) is 26.7 Å². The van der Waals surface area contributed by atoms with Crippen LogP contribution >= 0.6 is 0 Å². The van der Waals surface area contributed by atoms with Crippen LogP contribution in [0.2, 0.25) is 0 Å². The van der Waals surface area contributed by atoms with Crippen LogP contribution in [0, 0.1) is 0 Å². The van der Waals surface area contributed by atoms with E-state index in [0.29, 0.717) is 0 Å². The minimum Gasteiger partial charge on any atom is -0.294 e. The Hall–Kier alpha value is -0.370. The van der Waals surface area contributed by atoms with Crippen LogP contribution in [0.1, 0.15) is 19.3 Å². The van der Waals surface area contributed by atoms with Gasteiger partial charge in [0.05, 0.1) is 13.1 Å². The lowest BCUT2D eigenvalue weighted by Gasteiger charge is -2.29. The van der Waals surface area contributed by atoms with Crippen LogP contribution in [0.15, 0.2) is 0 Å². The van der Waals surface area contributed by atoms with Gasteiger partial charge >= 0.3 is 0 Å². The van der Waals surface area contributed by atoms with E-state index in [2.05, 4.69) is 22.7 Å². The molecule has 2 heteroatoms. The normalized spacial score (nSPS) is 32.8. The molecule has 1 atom stereocenters. The second-order valence-corrected chi connectivity index (χ2v) is 3.77. The zero-order valence-corrected chi connectivity index (χ0v) is 7.29. The van der Waals surface area contributed by atoms with Crippen LogP contribution in [-0.2, 0) is 0 Å². The second-order valence-electron chi connectivity index (χ2n) is 3.77. The van der Waals surface area contributed by atoms with E-state index < -0.39 is 0 Å². The lowest BCUT2D eigenvalue weighted by Crippen LogP contribution is -2.48. The SMILES string of the molecule is CN1CC[N+]2=CCCCC2C1. The van der Waals surface area contributed by atoms with Gasteiger partial charge < -0.3 is 0 Å². The molecule has 0 aromatic rings. The van der Waals surface area contributed by atoms with Gasteiger partial charge in [-0.15, -0.1) is 0 Å². The molecule has 62 valence electrons. The average Bonchev–Trinajstić information content (AvgIpc) is 2.04. The molecule has 0 radical (unpaired) electrons. The van der Waals surface area contributed by atoms with Crippen molar-refractivity contribution in [2.24, 2.45) is 0 Å². The molecule has 0 spiro atoms. The van der Waals surface area contributed by atoms with Crippen LogP contribution in [-0.4, -0.2) is 48.4 Å². The Labute approximate surface area is 68.5 Å². The summed E-state index contributed by atoms with van der Waals surface area (Å²) in [6, 6.07) is 0.836. The smallest absolute Gasteiger partial charge is 0.165 e. The second kappa shape index (κ2) is 2.94. The first-order valence-corrected chi connectivity index (χ1v) is 4.64. The van der Waals surface area contributed by atoms with Gasteiger partial charge in [-0.2, -0.15) is 0 Å². The fourth-order valence-corrected chi connectivity index (χ4v) is 2.13. The quantitative estimate of drug-likeness (QED) is 0.461. The van der Waals surface area contributed by atoms with Gasteiger partial charge in [0.15, 0.2) is 12.6 Å². The van der Waals surface area contributed by atoms with E-state index in [-0.39, 0.29) is 0 Å². The first-order chi connectivity index (χ1) is 5.36. The number of likely N-dealkylation sites (N-methyl/N-ethyl adjacent to an activating group) is 1. The van der Waals surface area contributed by atoms with Crippen LogP contribution in [0.4, 0.5) is 0 Å². The van der Waals surface area contributed by atoms with Gasteiger partial charge in [0.2, 0.25) is 0 Å². The van der Waals surface area contributed by atoms with E-state index >= 15 is 0 Å². The van der Waals surface area contributed by atoms with Gasteiger partial charge in [0, 0.05) is 12.8 Å². The molecule has 11 heavy (non-hydrogen) atoms. The molecular weight excluding hydrogens is 136 g/mol. The van der Waals surface area contributed by atoms with Crippen molar-refractivity contribution < 1.29 is 4.58 Å². The van der Waals surface area contributed by atoms with Crippen LogP contribution in [0.3, 0.4) is 0 Å². The molecule has 2 aliphatic heterocycles. The molecule has 0 bridgehead atoms. The van der Waals surface area contributed by atoms with Gasteiger partial charge in [-0.1, -0.05) is 0 Å². The molecule has 0 aliphatic carbocycles. The predicted molar refractivity (Wildman–Crippen MR) is 46.3 cm³/mol. The molecule has 0 aromatic carbocycles. The van der Waals surface area contributed by atoms with E-state index in [9.17, 15) is 0 Å². The molecule has 0 aromatic heterocycles. The Morgan fingerprint density at radius 2 is 2.45 bits per heavy atom. The molecule has 2 nitrogen and oxygen atoms in total. The maximum absolute atomic E-state index is 2.55. The Bertz CT molecular complexity index is 174. The Morgan fingerprint density at radius 3 is 3.36 bits per heavy atom. The van der Waals surface area contributed by atoms with E-state index in [1.165, 1.54) is 38.9 Å².